The Hall–Kier alpha value is -1.20. The molecule has 2 fully saturated rings. The first kappa shape index (κ1) is 11.9. The van der Waals surface area contributed by atoms with Gasteiger partial charge in [0.05, 0.1) is 13.2 Å². The first-order chi connectivity index (χ1) is 8.81. The van der Waals surface area contributed by atoms with Crippen molar-refractivity contribution in [2.75, 3.05) is 31.2 Å². The van der Waals surface area contributed by atoms with Gasteiger partial charge in [-0.15, -0.1) is 0 Å². The normalized spacial score (nSPS) is 22.6. The first-order valence-corrected chi connectivity index (χ1v) is 6.65. The van der Waals surface area contributed by atoms with Crippen molar-refractivity contribution in [3.8, 4) is 0 Å². The van der Waals surface area contributed by atoms with E-state index in [4.69, 9.17) is 9.47 Å². The Bertz CT molecular complexity index is 408. The Morgan fingerprint density at radius 3 is 2.61 bits per heavy atom. The van der Waals surface area contributed by atoms with Gasteiger partial charge >= 0.3 is 0 Å². The van der Waals surface area contributed by atoms with Gasteiger partial charge in [0.25, 0.3) is 0 Å². The molecule has 1 aromatic rings. The van der Waals surface area contributed by atoms with Gasteiger partial charge in [-0.1, -0.05) is 6.92 Å². The van der Waals surface area contributed by atoms with Crippen LogP contribution in [0.4, 0.5) is 5.82 Å². The van der Waals surface area contributed by atoms with Crippen molar-refractivity contribution in [2.45, 2.75) is 32.0 Å². The second kappa shape index (κ2) is 4.82. The summed E-state index contributed by atoms with van der Waals surface area (Å²) in [5, 5.41) is 0. The Balaban J connectivity index is 1.68. The number of hydrogen-bond acceptors (Lipinski definition) is 5. The monoisotopic (exact) mass is 249 g/mol. The van der Waals surface area contributed by atoms with Crippen LogP contribution in [-0.4, -0.2) is 42.1 Å². The molecule has 2 saturated heterocycles. The highest BCUT2D eigenvalue weighted by molar-refractivity contribution is 5.39. The fourth-order valence-electron chi connectivity index (χ4n) is 2.61. The molecular formula is C13H19N3O2. The maximum Gasteiger partial charge on any atom is 0.171 e. The zero-order valence-electron chi connectivity index (χ0n) is 10.8. The van der Waals surface area contributed by atoms with Crippen LogP contribution in [0, 0.1) is 0 Å². The summed E-state index contributed by atoms with van der Waals surface area (Å²) in [7, 11) is 0. The van der Waals surface area contributed by atoms with Crippen LogP contribution in [-0.2, 0) is 15.9 Å². The van der Waals surface area contributed by atoms with Gasteiger partial charge in [0, 0.05) is 37.7 Å². The van der Waals surface area contributed by atoms with Gasteiger partial charge in [-0.05, 0) is 6.42 Å². The van der Waals surface area contributed by atoms with Crippen molar-refractivity contribution in [1.29, 1.82) is 0 Å². The quantitative estimate of drug-likeness (QED) is 0.792. The standard InChI is InChI=1S/C13H19N3O2/c1-2-11-9-12(15-10-14-11)16-5-3-13(4-6-16)17-7-8-18-13/h9-10H,2-8H2,1H3. The molecule has 5 heteroatoms. The molecule has 3 heterocycles. The average Bonchev–Trinajstić information content (AvgIpc) is 2.88. The third kappa shape index (κ3) is 2.20. The van der Waals surface area contributed by atoms with Crippen molar-refractivity contribution in [1.82, 2.24) is 9.97 Å². The van der Waals surface area contributed by atoms with E-state index < -0.39 is 0 Å². The number of rotatable bonds is 2. The van der Waals surface area contributed by atoms with Gasteiger partial charge in [-0.2, -0.15) is 0 Å². The fraction of sp³-hybridized carbons (Fsp3) is 0.692. The van der Waals surface area contributed by atoms with Crippen LogP contribution in [0.2, 0.25) is 0 Å². The molecule has 0 unspecified atom stereocenters. The largest absolute Gasteiger partial charge is 0.356 e. The van der Waals surface area contributed by atoms with Crippen molar-refractivity contribution in [3.05, 3.63) is 18.1 Å². The Morgan fingerprint density at radius 2 is 1.94 bits per heavy atom. The molecule has 0 aliphatic carbocycles. The van der Waals surface area contributed by atoms with Gasteiger partial charge in [0.1, 0.15) is 12.1 Å². The zero-order valence-corrected chi connectivity index (χ0v) is 10.8. The van der Waals surface area contributed by atoms with Crippen LogP contribution in [0.25, 0.3) is 0 Å². The minimum atomic E-state index is -0.308. The topological polar surface area (TPSA) is 47.5 Å². The highest BCUT2D eigenvalue weighted by atomic mass is 16.7. The molecular weight excluding hydrogens is 230 g/mol. The lowest BCUT2D eigenvalue weighted by molar-refractivity contribution is -0.169. The lowest BCUT2D eigenvalue weighted by atomic mass is 10.0. The summed E-state index contributed by atoms with van der Waals surface area (Å²) in [6.07, 6.45) is 4.43. The number of aryl methyl sites for hydroxylation is 1. The molecule has 98 valence electrons. The van der Waals surface area contributed by atoms with Crippen molar-refractivity contribution in [2.24, 2.45) is 0 Å². The highest BCUT2D eigenvalue weighted by Crippen LogP contribution is 2.32. The van der Waals surface area contributed by atoms with E-state index in [0.29, 0.717) is 0 Å². The number of hydrogen-bond donors (Lipinski definition) is 0. The van der Waals surface area contributed by atoms with Gasteiger partial charge in [-0.3, -0.25) is 0 Å². The van der Waals surface area contributed by atoms with E-state index in [-0.39, 0.29) is 5.79 Å². The minimum absolute atomic E-state index is 0.308. The van der Waals surface area contributed by atoms with E-state index >= 15 is 0 Å². The maximum absolute atomic E-state index is 5.73. The average molecular weight is 249 g/mol. The molecule has 1 spiro atoms. The van der Waals surface area contributed by atoms with E-state index in [1.165, 1.54) is 0 Å². The lowest BCUT2D eigenvalue weighted by Gasteiger charge is -2.38. The van der Waals surface area contributed by atoms with Gasteiger partial charge in [0.15, 0.2) is 5.79 Å². The summed E-state index contributed by atoms with van der Waals surface area (Å²) in [5.74, 6) is 0.714. The number of ether oxygens (including phenoxy) is 2. The number of aromatic nitrogens is 2. The number of nitrogens with zero attached hydrogens (tertiary/aromatic N) is 3. The SMILES string of the molecule is CCc1cc(N2CCC3(CC2)OCCO3)ncn1. The van der Waals surface area contributed by atoms with Crippen LogP contribution < -0.4 is 4.90 Å². The molecule has 0 aromatic carbocycles. The second-order valence-corrected chi connectivity index (χ2v) is 4.82. The number of piperidine rings is 1. The predicted molar refractivity (Wildman–Crippen MR) is 67.5 cm³/mol. The van der Waals surface area contributed by atoms with Crippen molar-refractivity contribution >= 4 is 5.82 Å². The summed E-state index contributed by atoms with van der Waals surface area (Å²) in [6, 6.07) is 2.08. The third-order valence-electron chi connectivity index (χ3n) is 3.73. The molecule has 0 N–H and O–H groups in total. The molecule has 0 amide bonds. The van der Waals surface area contributed by atoms with Crippen LogP contribution in [0.3, 0.4) is 0 Å². The molecule has 2 aliphatic rings. The molecule has 18 heavy (non-hydrogen) atoms. The van der Waals surface area contributed by atoms with E-state index in [1.54, 1.807) is 6.33 Å². The minimum Gasteiger partial charge on any atom is -0.356 e. The molecule has 2 aliphatic heterocycles. The van der Waals surface area contributed by atoms with E-state index in [2.05, 4.69) is 27.9 Å². The van der Waals surface area contributed by atoms with Crippen LogP contribution in [0.1, 0.15) is 25.5 Å². The molecule has 0 atom stereocenters. The molecule has 0 saturated carbocycles. The van der Waals surface area contributed by atoms with Crippen LogP contribution >= 0.6 is 0 Å². The molecule has 3 rings (SSSR count). The molecule has 5 nitrogen and oxygen atoms in total. The Kier molecular flexibility index (Phi) is 3.18. The third-order valence-corrected chi connectivity index (χ3v) is 3.73. The van der Waals surface area contributed by atoms with E-state index in [9.17, 15) is 0 Å². The molecule has 0 radical (unpaired) electrons. The maximum atomic E-state index is 5.73. The smallest absolute Gasteiger partial charge is 0.171 e. The van der Waals surface area contributed by atoms with E-state index in [1.807, 2.05) is 0 Å². The lowest BCUT2D eigenvalue weighted by Crippen LogP contribution is -2.45. The Morgan fingerprint density at radius 1 is 1.22 bits per heavy atom. The van der Waals surface area contributed by atoms with Crippen molar-refractivity contribution in [3.63, 3.8) is 0 Å². The molecule has 0 bridgehead atoms. The summed E-state index contributed by atoms with van der Waals surface area (Å²) < 4.78 is 11.5. The predicted octanol–water partition coefficient (Wildman–Crippen LogP) is 1.38. The summed E-state index contributed by atoms with van der Waals surface area (Å²) in [5.41, 5.74) is 1.09. The highest BCUT2D eigenvalue weighted by Gasteiger charge is 2.39. The fourth-order valence-corrected chi connectivity index (χ4v) is 2.61. The molecule has 1 aromatic heterocycles. The van der Waals surface area contributed by atoms with Gasteiger partial charge < -0.3 is 14.4 Å². The second-order valence-electron chi connectivity index (χ2n) is 4.82. The summed E-state index contributed by atoms with van der Waals surface area (Å²) in [4.78, 5) is 10.9. The van der Waals surface area contributed by atoms with Gasteiger partial charge in [-0.25, -0.2) is 9.97 Å². The summed E-state index contributed by atoms with van der Waals surface area (Å²) in [6.45, 7) is 5.43. The van der Waals surface area contributed by atoms with E-state index in [0.717, 1.165) is 57.1 Å². The first-order valence-electron chi connectivity index (χ1n) is 6.65. The Labute approximate surface area is 107 Å². The number of anilines is 1. The summed E-state index contributed by atoms with van der Waals surface area (Å²) >= 11 is 0. The van der Waals surface area contributed by atoms with Crippen molar-refractivity contribution < 1.29 is 9.47 Å². The van der Waals surface area contributed by atoms with Crippen LogP contribution in [0.15, 0.2) is 12.4 Å². The zero-order chi connectivity index (χ0) is 12.4. The van der Waals surface area contributed by atoms with Crippen LogP contribution in [0.5, 0.6) is 0 Å². The van der Waals surface area contributed by atoms with Gasteiger partial charge in [0.2, 0.25) is 0 Å².